The van der Waals surface area contributed by atoms with Crippen LogP contribution in [0.5, 0.6) is 11.5 Å². The number of nitrogens with zero attached hydrogens (tertiary/aromatic N) is 1. The highest BCUT2D eigenvalue weighted by Crippen LogP contribution is 2.40. The first kappa shape index (κ1) is 17.6. The minimum atomic E-state index is -3.98. The van der Waals surface area contributed by atoms with Gasteiger partial charge in [-0.15, -0.1) is 0 Å². The number of halogens is 2. The van der Waals surface area contributed by atoms with Gasteiger partial charge in [0.25, 0.3) is 0 Å². The predicted molar refractivity (Wildman–Crippen MR) is 94.7 cm³/mol. The van der Waals surface area contributed by atoms with Crippen molar-refractivity contribution in [2.75, 3.05) is 19.8 Å². The van der Waals surface area contributed by atoms with E-state index in [2.05, 4.69) is 0 Å². The van der Waals surface area contributed by atoms with Gasteiger partial charge >= 0.3 is 0 Å². The maximum absolute atomic E-state index is 14.2. The standard InChI is InChI=1S/C18H17ClFNO4S/c19-13-4-6-18(14(20)11-13)26(22,23)21-7-1-2-15(21)12-3-5-16-17(10-12)25-9-8-24-16/h3-6,10-11,15H,1-2,7-9H2/t15-/m1/s1. The number of ether oxygens (including phenoxy) is 2. The molecule has 2 heterocycles. The van der Waals surface area contributed by atoms with Gasteiger partial charge in [-0.05, 0) is 48.7 Å². The van der Waals surface area contributed by atoms with Crippen LogP contribution in [0.15, 0.2) is 41.3 Å². The van der Waals surface area contributed by atoms with Crippen LogP contribution in [0.25, 0.3) is 0 Å². The highest BCUT2D eigenvalue weighted by atomic mass is 35.5. The van der Waals surface area contributed by atoms with Crippen LogP contribution in [0.1, 0.15) is 24.4 Å². The number of sulfonamides is 1. The van der Waals surface area contributed by atoms with E-state index < -0.39 is 15.8 Å². The minimum Gasteiger partial charge on any atom is -0.486 e. The van der Waals surface area contributed by atoms with Crippen LogP contribution in [0.3, 0.4) is 0 Å². The molecule has 0 aromatic heterocycles. The molecule has 2 aromatic rings. The Balaban J connectivity index is 1.70. The summed E-state index contributed by atoms with van der Waals surface area (Å²) in [6, 6.07) is 8.68. The van der Waals surface area contributed by atoms with E-state index in [9.17, 15) is 12.8 Å². The van der Waals surface area contributed by atoms with E-state index in [1.54, 1.807) is 6.07 Å². The fourth-order valence-electron chi connectivity index (χ4n) is 3.44. The van der Waals surface area contributed by atoms with Crippen LogP contribution >= 0.6 is 11.6 Å². The molecule has 0 amide bonds. The van der Waals surface area contributed by atoms with E-state index in [0.717, 1.165) is 11.6 Å². The van der Waals surface area contributed by atoms with Crippen LogP contribution < -0.4 is 9.47 Å². The van der Waals surface area contributed by atoms with E-state index in [1.807, 2.05) is 12.1 Å². The van der Waals surface area contributed by atoms with Crippen LogP contribution in [-0.2, 0) is 10.0 Å². The van der Waals surface area contributed by atoms with Crippen LogP contribution in [-0.4, -0.2) is 32.5 Å². The molecule has 1 atom stereocenters. The predicted octanol–water partition coefficient (Wildman–Crippen LogP) is 3.78. The van der Waals surface area contributed by atoms with E-state index in [0.29, 0.717) is 44.1 Å². The van der Waals surface area contributed by atoms with E-state index in [4.69, 9.17) is 21.1 Å². The summed E-state index contributed by atoms with van der Waals surface area (Å²) in [4.78, 5) is -0.355. The Morgan fingerprint density at radius 3 is 2.62 bits per heavy atom. The Labute approximate surface area is 156 Å². The van der Waals surface area contributed by atoms with Gasteiger partial charge in [-0.2, -0.15) is 4.31 Å². The van der Waals surface area contributed by atoms with Crippen molar-refractivity contribution in [3.8, 4) is 11.5 Å². The molecule has 2 aliphatic rings. The van der Waals surface area contributed by atoms with Gasteiger partial charge < -0.3 is 9.47 Å². The molecule has 26 heavy (non-hydrogen) atoms. The molecule has 2 aliphatic heterocycles. The van der Waals surface area contributed by atoms with Crippen molar-refractivity contribution >= 4 is 21.6 Å². The SMILES string of the molecule is O=S(=O)(c1ccc(Cl)cc1F)N1CCC[C@@H]1c1ccc2c(c1)OCCO2. The summed E-state index contributed by atoms with van der Waals surface area (Å²) in [5, 5.41) is 0.159. The zero-order chi connectivity index (χ0) is 18.3. The fraction of sp³-hybridized carbons (Fsp3) is 0.333. The third kappa shape index (κ3) is 3.04. The fourth-order valence-corrected chi connectivity index (χ4v) is 5.33. The van der Waals surface area contributed by atoms with Gasteiger partial charge in [0.05, 0.1) is 6.04 Å². The Hall–Kier alpha value is -1.83. The van der Waals surface area contributed by atoms with Crippen LogP contribution in [0, 0.1) is 5.82 Å². The van der Waals surface area contributed by atoms with Gasteiger partial charge in [0.1, 0.15) is 23.9 Å². The average molecular weight is 398 g/mol. The monoisotopic (exact) mass is 397 g/mol. The van der Waals surface area contributed by atoms with Crippen molar-refractivity contribution in [1.29, 1.82) is 0 Å². The first-order valence-electron chi connectivity index (χ1n) is 8.33. The summed E-state index contributed by atoms with van der Waals surface area (Å²) < 4.78 is 52.7. The summed E-state index contributed by atoms with van der Waals surface area (Å²) in [6.45, 7) is 1.29. The summed E-state index contributed by atoms with van der Waals surface area (Å²) in [7, 11) is -3.98. The van der Waals surface area contributed by atoms with E-state index in [-0.39, 0.29) is 16.0 Å². The van der Waals surface area contributed by atoms with Crippen molar-refractivity contribution in [3.05, 3.63) is 52.8 Å². The Bertz CT molecular complexity index is 950. The molecule has 1 saturated heterocycles. The molecule has 1 fully saturated rings. The first-order valence-corrected chi connectivity index (χ1v) is 10.1. The van der Waals surface area contributed by atoms with Crippen molar-refractivity contribution in [3.63, 3.8) is 0 Å². The average Bonchev–Trinajstić information content (AvgIpc) is 3.11. The zero-order valence-corrected chi connectivity index (χ0v) is 15.4. The number of fused-ring (bicyclic) bond motifs is 1. The lowest BCUT2D eigenvalue weighted by molar-refractivity contribution is 0.171. The van der Waals surface area contributed by atoms with Crippen molar-refractivity contribution in [2.24, 2.45) is 0 Å². The molecule has 0 saturated carbocycles. The second kappa shape index (κ2) is 6.72. The maximum Gasteiger partial charge on any atom is 0.246 e. The Morgan fingerprint density at radius 2 is 1.85 bits per heavy atom. The molecular formula is C18H17ClFNO4S. The van der Waals surface area contributed by atoms with E-state index in [1.165, 1.54) is 16.4 Å². The van der Waals surface area contributed by atoms with Gasteiger partial charge in [-0.3, -0.25) is 0 Å². The highest BCUT2D eigenvalue weighted by molar-refractivity contribution is 7.89. The maximum atomic E-state index is 14.2. The summed E-state index contributed by atoms with van der Waals surface area (Å²) in [6.07, 6.45) is 1.36. The second-order valence-corrected chi connectivity index (χ2v) is 8.55. The van der Waals surface area contributed by atoms with Gasteiger partial charge in [-0.1, -0.05) is 17.7 Å². The number of hydrogen-bond acceptors (Lipinski definition) is 4. The van der Waals surface area contributed by atoms with Crippen molar-refractivity contribution in [2.45, 2.75) is 23.8 Å². The first-order chi connectivity index (χ1) is 12.5. The van der Waals surface area contributed by atoms with Crippen LogP contribution in [0.4, 0.5) is 4.39 Å². The van der Waals surface area contributed by atoms with Crippen molar-refractivity contribution < 1.29 is 22.3 Å². The highest BCUT2D eigenvalue weighted by Gasteiger charge is 2.38. The molecule has 0 spiro atoms. The molecule has 8 heteroatoms. The molecule has 0 radical (unpaired) electrons. The lowest BCUT2D eigenvalue weighted by atomic mass is 10.0. The smallest absolute Gasteiger partial charge is 0.246 e. The normalized spacial score (nSPS) is 20.3. The lowest BCUT2D eigenvalue weighted by Gasteiger charge is -2.26. The number of hydrogen-bond donors (Lipinski definition) is 0. The summed E-state index contributed by atoms with van der Waals surface area (Å²) in [5.74, 6) is 0.414. The third-order valence-corrected chi connectivity index (χ3v) is 6.81. The third-order valence-electron chi connectivity index (χ3n) is 4.64. The topological polar surface area (TPSA) is 55.8 Å². The molecule has 5 nitrogen and oxygen atoms in total. The van der Waals surface area contributed by atoms with Crippen LogP contribution in [0.2, 0.25) is 5.02 Å². The largest absolute Gasteiger partial charge is 0.486 e. The van der Waals surface area contributed by atoms with Gasteiger partial charge in [0.15, 0.2) is 11.5 Å². The van der Waals surface area contributed by atoms with Crippen molar-refractivity contribution in [1.82, 2.24) is 4.31 Å². The molecular weight excluding hydrogens is 381 g/mol. The Morgan fingerprint density at radius 1 is 1.08 bits per heavy atom. The molecule has 138 valence electrons. The number of rotatable bonds is 3. The molecule has 0 N–H and O–H groups in total. The summed E-state index contributed by atoms with van der Waals surface area (Å²) >= 11 is 5.74. The molecule has 4 rings (SSSR count). The quantitative estimate of drug-likeness (QED) is 0.791. The zero-order valence-electron chi connectivity index (χ0n) is 13.8. The molecule has 0 bridgehead atoms. The minimum absolute atomic E-state index is 0.159. The molecule has 0 unspecified atom stereocenters. The number of benzene rings is 2. The summed E-state index contributed by atoms with van der Waals surface area (Å²) in [5.41, 5.74) is 0.810. The molecule has 0 aliphatic carbocycles. The molecule has 2 aromatic carbocycles. The van der Waals surface area contributed by atoms with E-state index >= 15 is 0 Å². The van der Waals surface area contributed by atoms with Gasteiger partial charge in [0.2, 0.25) is 10.0 Å². The Kier molecular flexibility index (Phi) is 4.54. The lowest BCUT2D eigenvalue weighted by Crippen LogP contribution is -2.31. The van der Waals surface area contributed by atoms with Gasteiger partial charge in [0, 0.05) is 11.6 Å². The van der Waals surface area contributed by atoms with Gasteiger partial charge in [-0.25, -0.2) is 12.8 Å². The second-order valence-electron chi connectivity index (χ2n) is 6.25.